The van der Waals surface area contributed by atoms with Crippen molar-refractivity contribution in [2.75, 3.05) is 41.3 Å². The van der Waals surface area contributed by atoms with E-state index in [0.717, 1.165) is 29.7 Å². The Morgan fingerprint density at radius 2 is 2.12 bits per heavy atom. The predicted molar refractivity (Wildman–Crippen MR) is 101 cm³/mol. The van der Waals surface area contributed by atoms with Gasteiger partial charge in [0, 0.05) is 23.5 Å². The summed E-state index contributed by atoms with van der Waals surface area (Å²) < 4.78 is 5.26. The first-order chi connectivity index (χ1) is 11.4. The Morgan fingerprint density at radius 1 is 1.38 bits per heavy atom. The van der Waals surface area contributed by atoms with Crippen LogP contribution < -0.4 is 20.5 Å². The summed E-state index contributed by atoms with van der Waals surface area (Å²) in [6.45, 7) is 2.17. The third-order valence-electron chi connectivity index (χ3n) is 3.87. The van der Waals surface area contributed by atoms with Crippen molar-refractivity contribution in [2.24, 2.45) is 0 Å². The number of pyridine rings is 1. The number of thiocarbonyl (C=S) groups is 1. The number of likely N-dealkylation sites (N-methyl/N-ethyl adjacent to an activating group) is 1. The van der Waals surface area contributed by atoms with Gasteiger partial charge in [0.25, 0.3) is 5.56 Å². The highest BCUT2D eigenvalue weighted by Gasteiger charge is 2.13. The molecule has 1 aromatic carbocycles. The Labute approximate surface area is 147 Å². The number of quaternary nitrogens is 1. The van der Waals surface area contributed by atoms with Gasteiger partial charge in [0.05, 0.1) is 40.8 Å². The van der Waals surface area contributed by atoms with Crippen LogP contribution in [-0.2, 0) is 6.54 Å². The lowest BCUT2D eigenvalue weighted by molar-refractivity contribution is -0.857. The Morgan fingerprint density at radius 3 is 2.75 bits per heavy atom. The highest BCUT2D eigenvalue weighted by molar-refractivity contribution is 7.80. The zero-order chi connectivity index (χ0) is 17.7. The van der Waals surface area contributed by atoms with Gasteiger partial charge in [-0.05, 0) is 36.5 Å². The lowest BCUT2D eigenvalue weighted by Crippen LogP contribution is -3.06. The molecule has 0 aliphatic rings. The second-order valence-corrected chi connectivity index (χ2v) is 6.40. The van der Waals surface area contributed by atoms with Gasteiger partial charge in [-0.25, -0.2) is 0 Å². The maximum Gasteiger partial charge on any atom is 0.253 e. The molecule has 0 amide bonds. The topological polar surface area (TPSA) is 61.8 Å². The molecule has 0 spiro atoms. The van der Waals surface area contributed by atoms with Crippen LogP contribution in [0.1, 0.15) is 5.56 Å². The summed E-state index contributed by atoms with van der Waals surface area (Å²) >= 11 is 5.38. The van der Waals surface area contributed by atoms with Gasteiger partial charge in [-0.3, -0.25) is 4.79 Å². The zero-order valence-electron chi connectivity index (χ0n) is 14.6. The molecule has 7 heteroatoms. The van der Waals surface area contributed by atoms with Gasteiger partial charge < -0.3 is 24.8 Å². The van der Waals surface area contributed by atoms with Crippen LogP contribution in [0.25, 0.3) is 10.9 Å². The molecule has 0 aliphatic heterocycles. The van der Waals surface area contributed by atoms with Crippen LogP contribution in [0.5, 0.6) is 5.75 Å². The van der Waals surface area contributed by atoms with Gasteiger partial charge in [-0.2, -0.15) is 0 Å². The molecular formula is C17H25N4O2S+. The van der Waals surface area contributed by atoms with E-state index in [1.165, 1.54) is 4.90 Å². The number of hydrogen-bond acceptors (Lipinski definition) is 3. The minimum atomic E-state index is -0.0891. The largest absolute Gasteiger partial charge is 0.497 e. The molecule has 3 N–H and O–H groups in total. The third-order valence-corrected chi connectivity index (χ3v) is 4.33. The number of aromatic amines is 1. The van der Waals surface area contributed by atoms with Crippen LogP contribution in [0, 0.1) is 0 Å². The molecule has 0 saturated heterocycles. The average molecular weight is 349 g/mol. The van der Waals surface area contributed by atoms with Crippen molar-refractivity contribution in [2.45, 2.75) is 6.54 Å². The zero-order valence-corrected chi connectivity index (χ0v) is 15.4. The van der Waals surface area contributed by atoms with Crippen molar-refractivity contribution in [3.63, 3.8) is 0 Å². The normalized spacial score (nSPS) is 10.9. The maximum absolute atomic E-state index is 12.4. The van der Waals surface area contributed by atoms with Crippen LogP contribution >= 0.6 is 12.2 Å². The minimum Gasteiger partial charge on any atom is -0.497 e. The van der Waals surface area contributed by atoms with Crippen molar-refractivity contribution in [3.05, 3.63) is 40.2 Å². The molecule has 0 atom stereocenters. The van der Waals surface area contributed by atoms with E-state index in [1.54, 1.807) is 14.2 Å². The molecule has 0 aliphatic carbocycles. The number of aromatic nitrogens is 1. The highest BCUT2D eigenvalue weighted by atomic mass is 32.1. The van der Waals surface area contributed by atoms with Crippen LogP contribution in [0.15, 0.2) is 29.1 Å². The Hall–Kier alpha value is -2.12. The summed E-state index contributed by atoms with van der Waals surface area (Å²) in [7, 11) is 7.61. The molecular weight excluding hydrogens is 324 g/mol. The highest BCUT2D eigenvalue weighted by Crippen LogP contribution is 2.19. The molecule has 0 radical (unpaired) electrons. The van der Waals surface area contributed by atoms with E-state index >= 15 is 0 Å². The van der Waals surface area contributed by atoms with Crippen molar-refractivity contribution in [1.29, 1.82) is 0 Å². The number of H-pyrrole nitrogens is 1. The Balaban J connectivity index is 2.32. The van der Waals surface area contributed by atoms with Crippen LogP contribution in [0.2, 0.25) is 0 Å². The molecule has 6 nitrogen and oxygen atoms in total. The van der Waals surface area contributed by atoms with Crippen molar-refractivity contribution in [1.82, 2.24) is 15.2 Å². The molecule has 1 aromatic heterocycles. The van der Waals surface area contributed by atoms with Gasteiger partial charge in [-0.15, -0.1) is 0 Å². The summed E-state index contributed by atoms with van der Waals surface area (Å²) in [6.07, 6.45) is 0. The van der Waals surface area contributed by atoms with Crippen LogP contribution in [0.4, 0.5) is 0 Å². The van der Waals surface area contributed by atoms with Crippen molar-refractivity contribution < 1.29 is 9.64 Å². The number of ether oxygens (including phenoxy) is 1. The predicted octanol–water partition coefficient (Wildman–Crippen LogP) is -0.0125. The number of fused-ring (bicyclic) bond motifs is 1. The molecule has 2 aromatic rings. The molecule has 0 unspecified atom stereocenters. The molecule has 24 heavy (non-hydrogen) atoms. The first-order valence-electron chi connectivity index (χ1n) is 7.90. The molecule has 0 fully saturated rings. The van der Waals surface area contributed by atoms with Gasteiger partial charge in [0.1, 0.15) is 5.75 Å². The van der Waals surface area contributed by atoms with Crippen LogP contribution in [-0.4, -0.2) is 56.3 Å². The fourth-order valence-electron chi connectivity index (χ4n) is 2.45. The average Bonchev–Trinajstić information content (AvgIpc) is 2.57. The molecule has 1 heterocycles. The number of hydrogen-bond donors (Lipinski definition) is 3. The van der Waals surface area contributed by atoms with Gasteiger partial charge in [0.15, 0.2) is 5.11 Å². The van der Waals surface area contributed by atoms with Crippen molar-refractivity contribution in [3.8, 4) is 5.75 Å². The fourth-order valence-corrected chi connectivity index (χ4v) is 2.60. The van der Waals surface area contributed by atoms with E-state index < -0.39 is 0 Å². The lowest BCUT2D eigenvalue weighted by atomic mass is 10.1. The van der Waals surface area contributed by atoms with E-state index in [9.17, 15) is 4.79 Å². The van der Waals surface area contributed by atoms with E-state index in [2.05, 4.69) is 24.4 Å². The number of benzene rings is 1. The smallest absolute Gasteiger partial charge is 0.253 e. The van der Waals surface area contributed by atoms with E-state index in [4.69, 9.17) is 17.0 Å². The molecule has 0 saturated carbocycles. The maximum atomic E-state index is 12.4. The summed E-state index contributed by atoms with van der Waals surface area (Å²) in [5.41, 5.74) is 1.39. The second kappa shape index (κ2) is 8.12. The number of nitrogens with zero attached hydrogens (tertiary/aromatic N) is 1. The molecule has 0 bridgehead atoms. The summed E-state index contributed by atoms with van der Waals surface area (Å²) in [5, 5.41) is 4.58. The van der Waals surface area contributed by atoms with E-state index in [0.29, 0.717) is 17.2 Å². The standard InChI is InChI=1S/C17H24N4O2S/c1-18-17(24)21(8-7-20(2)3)11-13-9-12-10-14(23-4)5-6-15(12)19-16(13)22/h5-6,9-10H,7-8,11H2,1-4H3,(H,18,24)(H,19,22)/p+1. The second-order valence-electron chi connectivity index (χ2n) is 6.01. The SMILES string of the molecule is CNC(=S)N(CC[NH+](C)C)Cc1cc2cc(OC)ccc2[nH]c1=O. The van der Waals surface area contributed by atoms with Crippen LogP contribution in [0.3, 0.4) is 0 Å². The Bertz CT molecular complexity index is 773. The number of rotatable bonds is 6. The monoisotopic (exact) mass is 349 g/mol. The first-order valence-corrected chi connectivity index (χ1v) is 8.31. The molecule has 2 rings (SSSR count). The fraction of sp³-hybridized carbons (Fsp3) is 0.412. The lowest BCUT2D eigenvalue weighted by Gasteiger charge is -2.25. The van der Waals surface area contributed by atoms with Gasteiger partial charge >= 0.3 is 0 Å². The van der Waals surface area contributed by atoms with Gasteiger partial charge in [0.2, 0.25) is 0 Å². The quantitative estimate of drug-likeness (QED) is 0.640. The summed E-state index contributed by atoms with van der Waals surface area (Å²) in [4.78, 5) is 18.7. The minimum absolute atomic E-state index is 0.0891. The number of nitrogens with one attached hydrogen (secondary N) is 3. The number of methoxy groups -OCH3 is 1. The summed E-state index contributed by atoms with van der Waals surface area (Å²) in [5.74, 6) is 0.763. The van der Waals surface area contributed by atoms with Gasteiger partial charge in [-0.1, -0.05) is 0 Å². The van der Waals surface area contributed by atoms with E-state index in [1.807, 2.05) is 29.2 Å². The molecule has 130 valence electrons. The third kappa shape index (κ3) is 4.46. The van der Waals surface area contributed by atoms with E-state index in [-0.39, 0.29) is 5.56 Å². The Kier molecular flexibility index (Phi) is 6.16. The first kappa shape index (κ1) is 18.2. The summed E-state index contributed by atoms with van der Waals surface area (Å²) in [6, 6.07) is 7.51. The van der Waals surface area contributed by atoms with Crippen molar-refractivity contribution >= 4 is 28.2 Å².